The van der Waals surface area contributed by atoms with Crippen molar-refractivity contribution in [3.63, 3.8) is 0 Å². The van der Waals surface area contributed by atoms with Crippen LogP contribution in [-0.4, -0.2) is 36.4 Å². The van der Waals surface area contributed by atoms with Crippen LogP contribution in [0.4, 0.5) is 11.4 Å². The van der Waals surface area contributed by atoms with Crippen LogP contribution in [-0.2, 0) is 9.59 Å². The molecule has 0 unspecified atom stereocenters. The highest BCUT2D eigenvalue weighted by Crippen LogP contribution is 2.36. The standard InChI is InChI=1S/C19H16N2O5S/c1-25-14-7-3-12(4-8-14)20-19-21(13-5-9-15(26-2)10-6-13)18(24)16(27-19)11-17(22)23/h3-11H,1-2H3,(H,22,23)/b16-11-,20-19+. The first-order valence-electron chi connectivity index (χ1n) is 7.85. The Bertz CT molecular complexity index is 920. The Kier molecular flexibility index (Phi) is 5.46. The van der Waals surface area contributed by atoms with Gasteiger partial charge in [0.2, 0.25) is 0 Å². The Morgan fingerprint density at radius 2 is 1.59 bits per heavy atom. The summed E-state index contributed by atoms with van der Waals surface area (Å²) in [7, 11) is 3.12. The van der Waals surface area contributed by atoms with Gasteiger partial charge in [0.1, 0.15) is 11.5 Å². The van der Waals surface area contributed by atoms with Crippen LogP contribution in [0.1, 0.15) is 0 Å². The molecule has 1 aliphatic heterocycles. The van der Waals surface area contributed by atoms with Crippen molar-refractivity contribution in [1.82, 2.24) is 0 Å². The maximum Gasteiger partial charge on any atom is 0.329 e. The number of carbonyl (C=O) groups excluding carboxylic acids is 1. The van der Waals surface area contributed by atoms with Crippen molar-refractivity contribution in [1.29, 1.82) is 0 Å². The van der Waals surface area contributed by atoms with E-state index in [1.54, 1.807) is 62.8 Å². The topological polar surface area (TPSA) is 88.4 Å². The van der Waals surface area contributed by atoms with Gasteiger partial charge in [-0.2, -0.15) is 0 Å². The zero-order valence-electron chi connectivity index (χ0n) is 14.6. The molecule has 7 nitrogen and oxygen atoms in total. The highest BCUT2D eigenvalue weighted by molar-refractivity contribution is 8.19. The number of aliphatic imine (C=N–C) groups is 1. The number of hydrogen-bond donors (Lipinski definition) is 1. The van der Waals surface area contributed by atoms with Crippen LogP contribution < -0.4 is 14.4 Å². The van der Waals surface area contributed by atoms with Crippen LogP contribution in [0.25, 0.3) is 0 Å². The molecule has 8 heteroatoms. The minimum absolute atomic E-state index is 0.0885. The summed E-state index contributed by atoms with van der Waals surface area (Å²) < 4.78 is 10.3. The fourth-order valence-corrected chi connectivity index (χ4v) is 3.35. The smallest absolute Gasteiger partial charge is 0.329 e. The van der Waals surface area contributed by atoms with Crippen molar-refractivity contribution in [2.75, 3.05) is 19.1 Å². The molecule has 1 saturated heterocycles. The second kappa shape index (κ2) is 7.96. The molecule has 0 radical (unpaired) electrons. The van der Waals surface area contributed by atoms with E-state index in [1.807, 2.05) is 0 Å². The Morgan fingerprint density at radius 1 is 1.04 bits per heavy atom. The summed E-state index contributed by atoms with van der Waals surface area (Å²) in [6, 6.07) is 13.9. The molecule has 27 heavy (non-hydrogen) atoms. The summed E-state index contributed by atoms with van der Waals surface area (Å²) in [5.41, 5.74) is 1.18. The van der Waals surface area contributed by atoms with Crippen molar-refractivity contribution in [3.05, 3.63) is 59.5 Å². The van der Waals surface area contributed by atoms with Crippen LogP contribution in [0.5, 0.6) is 11.5 Å². The number of amides is 1. The monoisotopic (exact) mass is 384 g/mol. The molecule has 0 aliphatic carbocycles. The van der Waals surface area contributed by atoms with Crippen molar-refractivity contribution in [2.45, 2.75) is 0 Å². The number of aliphatic carboxylic acids is 1. The number of anilines is 1. The Morgan fingerprint density at radius 3 is 2.11 bits per heavy atom. The zero-order chi connectivity index (χ0) is 19.4. The molecule has 0 bridgehead atoms. The van der Waals surface area contributed by atoms with Crippen molar-refractivity contribution in [3.8, 4) is 11.5 Å². The van der Waals surface area contributed by atoms with Crippen LogP contribution in [0, 0.1) is 0 Å². The van der Waals surface area contributed by atoms with Gasteiger partial charge in [-0.1, -0.05) is 0 Å². The largest absolute Gasteiger partial charge is 0.497 e. The number of hydrogen-bond acceptors (Lipinski definition) is 6. The first-order valence-corrected chi connectivity index (χ1v) is 8.67. The third-order valence-corrected chi connectivity index (χ3v) is 4.66. The van der Waals surface area contributed by atoms with Gasteiger partial charge in [-0.25, -0.2) is 9.79 Å². The summed E-state index contributed by atoms with van der Waals surface area (Å²) >= 11 is 1.01. The van der Waals surface area contributed by atoms with Gasteiger partial charge in [0.15, 0.2) is 5.17 Å². The molecule has 0 aromatic heterocycles. The van der Waals surface area contributed by atoms with Crippen molar-refractivity contribution < 1.29 is 24.2 Å². The van der Waals surface area contributed by atoms with Gasteiger partial charge in [0.25, 0.3) is 5.91 Å². The summed E-state index contributed by atoms with van der Waals surface area (Å²) in [6.07, 6.45) is 0.889. The predicted molar refractivity (Wildman–Crippen MR) is 104 cm³/mol. The van der Waals surface area contributed by atoms with E-state index in [4.69, 9.17) is 14.6 Å². The number of carboxylic acids is 1. The van der Waals surface area contributed by atoms with Gasteiger partial charge in [0, 0.05) is 6.08 Å². The lowest BCUT2D eigenvalue weighted by molar-refractivity contribution is -0.131. The fraction of sp³-hybridized carbons (Fsp3) is 0.105. The third-order valence-electron chi connectivity index (χ3n) is 3.69. The molecule has 1 amide bonds. The molecule has 0 atom stereocenters. The van der Waals surface area contributed by atoms with Gasteiger partial charge in [-0.15, -0.1) is 0 Å². The molecule has 0 saturated carbocycles. The maximum absolute atomic E-state index is 12.7. The van der Waals surface area contributed by atoms with E-state index >= 15 is 0 Å². The van der Waals surface area contributed by atoms with Gasteiger partial charge < -0.3 is 14.6 Å². The van der Waals surface area contributed by atoms with E-state index in [9.17, 15) is 9.59 Å². The molecule has 1 aliphatic rings. The first kappa shape index (κ1) is 18.5. The Labute approximate surface area is 159 Å². The van der Waals surface area contributed by atoms with E-state index < -0.39 is 11.9 Å². The normalized spacial score (nSPS) is 16.8. The highest BCUT2D eigenvalue weighted by atomic mass is 32.2. The minimum Gasteiger partial charge on any atom is -0.497 e. The number of rotatable bonds is 5. The van der Waals surface area contributed by atoms with E-state index in [0.29, 0.717) is 28.0 Å². The molecular weight excluding hydrogens is 368 g/mol. The number of thioether (sulfide) groups is 1. The summed E-state index contributed by atoms with van der Waals surface area (Å²) in [5, 5.41) is 9.38. The SMILES string of the molecule is COc1ccc(/N=C2/S/C(=C\C(=O)O)C(=O)N2c2ccc(OC)cc2)cc1. The number of methoxy groups -OCH3 is 2. The quantitative estimate of drug-likeness (QED) is 0.795. The van der Waals surface area contributed by atoms with E-state index in [-0.39, 0.29) is 4.91 Å². The highest BCUT2D eigenvalue weighted by Gasteiger charge is 2.35. The number of carboxylic acid groups (broad SMARTS) is 1. The second-order valence-corrected chi connectivity index (χ2v) is 6.39. The van der Waals surface area contributed by atoms with Crippen LogP contribution in [0.2, 0.25) is 0 Å². The number of carbonyl (C=O) groups is 2. The van der Waals surface area contributed by atoms with Crippen LogP contribution in [0.15, 0.2) is 64.5 Å². The Hall–Kier alpha value is -3.26. The molecule has 1 N–H and O–H groups in total. The molecule has 3 rings (SSSR count). The lowest BCUT2D eigenvalue weighted by atomic mass is 10.2. The molecule has 1 fully saturated rings. The van der Waals surface area contributed by atoms with Gasteiger partial charge >= 0.3 is 5.97 Å². The summed E-state index contributed by atoms with van der Waals surface area (Å²) in [5.74, 6) is -0.299. The zero-order valence-corrected chi connectivity index (χ0v) is 15.4. The molecule has 0 spiro atoms. The molecule has 138 valence electrons. The summed E-state index contributed by atoms with van der Waals surface area (Å²) in [4.78, 5) is 29.7. The Balaban J connectivity index is 2.02. The van der Waals surface area contributed by atoms with Crippen molar-refractivity contribution in [2.24, 2.45) is 4.99 Å². The number of ether oxygens (including phenoxy) is 2. The van der Waals surface area contributed by atoms with E-state index in [2.05, 4.69) is 4.99 Å². The van der Waals surface area contributed by atoms with Crippen molar-refractivity contribution >= 4 is 40.2 Å². The number of amidine groups is 1. The second-order valence-electron chi connectivity index (χ2n) is 5.38. The summed E-state index contributed by atoms with van der Waals surface area (Å²) in [6.45, 7) is 0. The lowest BCUT2D eigenvalue weighted by Gasteiger charge is -2.16. The van der Waals surface area contributed by atoms with Gasteiger partial charge in [-0.05, 0) is 60.3 Å². The number of benzene rings is 2. The van der Waals surface area contributed by atoms with Crippen LogP contribution >= 0.6 is 11.8 Å². The molecule has 1 heterocycles. The minimum atomic E-state index is -1.19. The molecular formula is C19H16N2O5S. The average Bonchev–Trinajstić information content (AvgIpc) is 2.97. The fourth-order valence-electron chi connectivity index (χ4n) is 2.39. The average molecular weight is 384 g/mol. The lowest BCUT2D eigenvalue weighted by Crippen LogP contribution is -2.28. The molecule has 2 aromatic carbocycles. The van der Waals surface area contributed by atoms with Gasteiger partial charge in [0.05, 0.1) is 30.5 Å². The molecule has 2 aromatic rings. The van der Waals surface area contributed by atoms with Crippen LogP contribution in [0.3, 0.4) is 0 Å². The number of nitrogens with zero attached hydrogens (tertiary/aromatic N) is 2. The van der Waals surface area contributed by atoms with E-state index in [0.717, 1.165) is 17.8 Å². The predicted octanol–water partition coefficient (Wildman–Crippen LogP) is 3.44. The first-order chi connectivity index (χ1) is 13.0. The third kappa shape index (κ3) is 4.12. The van der Waals surface area contributed by atoms with E-state index in [1.165, 1.54) is 4.90 Å². The van der Waals surface area contributed by atoms with Gasteiger partial charge in [-0.3, -0.25) is 9.69 Å². The maximum atomic E-state index is 12.7.